The Kier molecular flexibility index (Phi) is 3.81. The number of sulfone groups is 1. The lowest BCUT2D eigenvalue weighted by Crippen LogP contribution is -2.07. The van der Waals surface area contributed by atoms with Crippen molar-refractivity contribution >= 4 is 9.84 Å². The van der Waals surface area contributed by atoms with E-state index in [0.717, 1.165) is 18.2 Å². The molecule has 0 aliphatic carbocycles. The molecule has 2 aromatic carbocycles. The van der Waals surface area contributed by atoms with Gasteiger partial charge < -0.3 is 0 Å². The summed E-state index contributed by atoms with van der Waals surface area (Å²) in [5, 5.41) is 8.73. The van der Waals surface area contributed by atoms with E-state index in [1.165, 1.54) is 24.3 Å². The molecule has 0 N–H and O–H groups in total. The maximum atomic E-state index is 13.6. The molecule has 20 heavy (non-hydrogen) atoms. The SMILES string of the molecule is N#Cc1ccc(F)c(CS(=O)(=O)c2cccc(F)c2)c1. The molecule has 0 amide bonds. The minimum atomic E-state index is -3.87. The molecule has 3 nitrogen and oxygen atoms in total. The fourth-order valence-corrected chi connectivity index (χ4v) is 3.08. The van der Waals surface area contributed by atoms with E-state index < -0.39 is 27.2 Å². The Morgan fingerprint density at radius 2 is 1.85 bits per heavy atom. The minimum Gasteiger partial charge on any atom is -0.223 e. The first kappa shape index (κ1) is 14.2. The first-order valence-corrected chi connectivity index (χ1v) is 7.24. The normalized spacial score (nSPS) is 11.1. The summed E-state index contributed by atoms with van der Waals surface area (Å²) in [6.07, 6.45) is 0. The molecule has 2 aromatic rings. The summed E-state index contributed by atoms with van der Waals surface area (Å²) in [6, 6.07) is 9.78. The van der Waals surface area contributed by atoms with Crippen molar-refractivity contribution in [2.75, 3.05) is 0 Å². The number of benzene rings is 2. The van der Waals surface area contributed by atoms with Crippen molar-refractivity contribution in [3.8, 4) is 6.07 Å². The van der Waals surface area contributed by atoms with E-state index >= 15 is 0 Å². The standard InChI is InChI=1S/C14H9F2NO2S/c15-12-2-1-3-13(7-12)20(18,19)9-11-6-10(8-17)4-5-14(11)16/h1-7H,9H2. The summed E-state index contributed by atoms with van der Waals surface area (Å²) >= 11 is 0. The van der Waals surface area contributed by atoms with Gasteiger partial charge in [0, 0.05) is 5.56 Å². The van der Waals surface area contributed by atoms with Gasteiger partial charge in [-0.2, -0.15) is 5.26 Å². The molecule has 0 atom stereocenters. The van der Waals surface area contributed by atoms with Gasteiger partial charge in [0.05, 0.1) is 22.3 Å². The number of nitriles is 1. The molecule has 0 aromatic heterocycles. The van der Waals surface area contributed by atoms with Crippen LogP contribution in [-0.2, 0) is 15.6 Å². The Hall–Kier alpha value is -2.26. The van der Waals surface area contributed by atoms with Crippen LogP contribution in [-0.4, -0.2) is 8.42 Å². The van der Waals surface area contributed by atoms with E-state index in [0.29, 0.717) is 0 Å². The van der Waals surface area contributed by atoms with Crippen LogP contribution in [0.15, 0.2) is 47.4 Å². The maximum Gasteiger partial charge on any atom is 0.182 e. The molecule has 0 saturated heterocycles. The molecule has 0 aliphatic heterocycles. The highest BCUT2D eigenvalue weighted by molar-refractivity contribution is 7.90. The van der Waals surface area contributed by atoms with Crippen molar-refractivity contribution in [1.29, 1.82) is 5.26 Å². The van der Waals surface area contributed by atoms with E-state index in [9.17, 15) is 17.2 Å². The van der Waals surface area contributed by atoms with Crippen LogP contribution in [0.3, 0.4) is 0 Å². The Balaban J connectivity index is 2.41. The highest BCUT2D eigenvalue weighted by Gasteiger charge is 2.18. The van der Waals surface area contributed by atoms with Crippen LogP contribution in [0.25, 0.3) is 0 Å². The predicted molar refractivity (Wildman–Crippen MR) is 68.4 cm³/mol. The number of halogens is 2. The van der Waals surface area contributed by atoms with Crippen LogP contribution >= 0.6 is 0 Å². The summed E-state index contributed by atoms with van der Waals surface area (Å²) in [5.41, 5.74) is 0.0455. The quantitative estimate of drug-likeness (QED) is 0.874. The molecule has 0 unspecified atom stereocenters. The van der Waals surface area contributed by atoms with Gasteiger partial charge in [-0.05, 0) is 36.4 Å². The van der Waals surface area contributed by atoms with Crippen LogP contribution in [0.2, 0.25) is 0 Å². The first-order valence-electron chi connectivity index (χ1n) is 5.59. The third-order valence-electron chi connectivity index (χ3n) is 2.68. The Morgan fingerprint density at radius 3 is 2.50 bits per heavy atom. The highest BCUT2D eigenvalue weighted by atomic mass is 32.2. The van der Waals surface area contributed by atoms with Gasteiger partial charge in [0.2, 0.25) is 0 Å². The molecule has 0 bridgehead atoms. The van der Waals surface area contributed by atoms with Crippen LogP contribution < -0.4 is 0 Å². The second-order valence-corrected chi connectivity index (χ2v) is 6.12. The minimum absolute atomic E-state index is 0.117. The van der Waals surface area contributed by atoms with E-state index in [1.54, 1.807) is 0 Å². The molecule has 0 spiro atoms. The van der Waals surface area contributed by atoms with Gasteiger partial charge in [-0.25, -0.2) is 17.2 Å². The van der Waals surface area contributed by atoms with Crippen molar-refractivity contribution < 1.29 is 17.2 Å². The number of nitrogens with zero attached hydrogens (tertiary/aromatic N) is 1. The smallest absolute Gasteiger partial charge is 0.182 e. The van der Waals surface area contributed by atoms with Gasteiger partial charge in [-0.3, -0.25) is 0 Å². The highest BCUT2D eigenvalue weighted by Crippen LogP contribution is 2.20. The molecule has 102 valence electrons. The van der Waals surface area contributed by atoms with E-state index in [2.05, 4.69) is 0 Å². The zero-order valence-electron chi connectivity index (χ0n) is 10.2. The maximum absolute atomic E-state index is 13.6. The second-order valence-electron chi connectivity index (χ2n) is 4.13. The Morgan fingerprint density at radius 1 is 1.10 bits per heavy atom. The number of hydrogen-bond acceptors (Lipinski definition) is 3. The average Bonchev–Trinajstić information content (AvgIpc) is 2.41. The third kappa shape index (κ3) is 3.00. The predicted octanol–water partition coefficient (Wildman–Crippen LogP) is 2.81. The summed E-state index contributed by atoms with van der Waals surface area (Å²) in [4.78, 5) is -0.223. The third-order valence-corrected chi connectivity index (χ3v) is 4.34. The lowest BCUT2D eigenvalue weighted by molar-refractivity contribution is 0.583. The van der Waals surface area contributed by atoms with Crippen LogP contribution in [0, 0.1) is 23.0 Å². The Labute approximate surface area is 115 Å². The van der Waals surface area contributed by atoms with E-state index in [4.69, 9.17) is 5.26 Å². The van der Waals surface area contributed by atoms with Crippen molar-refractivity contribution in [1.82, 2.24) is 0 Å². The molecule has 0 saturated carbocycles. The van der Waals surface area contributed by atoms with E-state index in [1.807, 2.05) is 6.07 Å². The summed E-state index contributed by atoms with van der Waals surface area (Å²) in [6.45, 7) is 0. The van der Waals surface area contributed by atoms with Crippen molar-refractivity contribution in [3.05, 3.63) is 65.2 Å². The summed E-state index contributed by atoms with van der Waals surface area (Å²) in [5.74, 6) is -2.03. The molecule has 0 heterocycles. The van der Waals surface area contributed by atoms with E-state index in [-0.39, 0.29) is 16.0 Å². The van der Waals surface area contributed by atoms with Crippen molar-refractivity contribution in [2.24, 2.45) is 0 Å². The summed E-state index contributed by atoms with van der Waals surface area (Å²) in [7, 11) is -3.87. The summed E-state index contributed by atoms with van der Waals surface area (Å²) < 4.78 is 50.8. The second kappa shape index (κ2) is 5.39. The topological polar surface area (TPSA) is 57.9 Å². The number of rotatable bonds is 3. The van der Waals surface area contributed by atoms with Gasteiger partial charge >= 0.3 is 0 Å². The first-order chi connectivity index (χ1) is 9.42. The van der Waals surface area contributed by atoms with Gasteiger partial charge in [-0.15, -0.1) is 0 Å². The average molecular weight is 293 g/mol. The molecular formula is C14H9F2NO2S. The van der Waals surface area contributed by atoms with Crippen molar-refractivity contribution in [2.45, 2.75) is 10.6 Å². The molecular weight excluding hydrogens is 284 g/mol. The van der Waals surface area contributed by atoms with Gasteiger partial charge in [0.25, 0.3) is 0 Å². The lowest BCUT2D eigenvalue weighted by Gasteiger charge is -2.06. The largest absolute Gasteiger partial charge is 0.223 e. The van der Waals surface area contributed by atoms with Crippen LogP contribution in [0.1, 0.15) is 11.1 Å². The number of hydrogen-bond donors (Lipinski definition) is 0. The van der Waals surface area contributed by atoms with Crippen LogP contribution in [0.5, 0.6) is 0 Å². The monoisotopic (exact) mass is 293 g/mol. The molecule has 0 radical (unpaired) electrons. The zero-order valence-corrected chi connectivity index (χ0v) is 11.0. The van der Waals surface area contributed by atoms with Crippen molar-refractivity contribution in [3.63, 3.8) is 0 Å². The van der Waals surface area contributed by atoms with Gasteiger partial charge in [-0.1, -0.05) is 6.07 Å². The molecule has 2 rings (SSSR count). The lowest BCUT2D eigenvalue weighted by atomic mass is 10.1. The molecule has 0 fully saturated rings. The molecule has 6 heteroatoms. The fourth-order valence-electron chi connectivity index (χ4n) is 1.70. The van der Waals surface area contributed by atoms with Gasteiger partial charge in [0.15, 0.2) is 9.84 Å². The fraction of sp³-hybridized carbons (Fsp3) is 0.0714. The zero-order chi connectivity index (χ0) is 14.8. The van der Waals surface area contributed by atoms with Crippen LogP contribution in [0.4, 0.5) is 8.78 Å². The Bertz CT molecular complexity index is 795. The molecule has 0 aliphatic rings. The van der Waals surface area contributed by atoms with Gasteiger partial charge in [0.1, 0.15) is 11.6 Å².